The molecule has 0 unspecified atom stereocenters. The van der Waals surface area contributed by atoms with E-state index in [1.807, 2.05) is 12.1 Å². The Morgan fingerprint density at radius 2 is 1.76 bits per heavy atom. The molecule has 0 N–H and O–H groups in total. The van der Waals surface area contributed by atoms with Gasteiger partial charge in [-0.25, -0.2) is 4.79 Å². The largest absolute Gasteiger partial charge is 0.514 e. The summed E-state index contributed by atoms with van der Waals surface area (Å²) in [5, 5.41) is 0. The zero-order chi connectivity index (χ0) is 27.1. The summed E-state index contributed by atoms with van der Waals surface area (Å²) >= 11 is 3.42. The molecule has 0 amide bonds. The smallest absolute Gasteiger partial charge is 0.430 e. The van der Waals surface area contributed by atoms with Crippen LogP contribution in [0.1, 0.15) is 105 Å². The van der Waals surface area contributed by atoms with Crippen LogP contribution in [-0.4, -0.2) is 12.3 Å². The first-order chi connectivity index (χ1) is 18.1. The van der Waals surface area contributed by atoms with E-state index < -0.39 is 6.16 Å². The maximum atomic E-state index is 12.5. The second kappa shape index (κ2) is 11.3. The Labute approximate surface area is 239 Å². The molecule has 0 aromatic heterocycles. The van der Waals surface area contributed by atoms with Crippen molar-refractivity contribution in [1.29, 1.82) is 0 Å². The summed E-state index contributed by atoms with van der Waals surface area (Å²) in [6.45, 7) is 12.5. The van der Waals surface area contributed by atoms with Crippen molar-refractivity contribution in [3.05, 3.63) is 40.4 Å². The normalized spacial score (nSPS) is 37.0. The molecule has 1 aromatic carbocycles. The van der Waals surface area contributed by atoms with Crippen molar-refractivity contribution in [3.8, 4) is 5.75 Å². The third-order valence-corrected chi connectivity index (χ3v) is 12.1. The molecule has 0 spiro atoms. The van der Waals surface area contributed by atoms with Crippen molar-refractivity contribution in [2.45, 2.75) is 111 Å². The zero-order valence-corrected chi connectivity index (χ0v) is 25.9. The van der Waals surface area contributed by atoms with Crippen LogP contribution in [0.2, 0.25) is 0 Å². The number of benzene rings is 1. The van der Waals surface area contributed by atoms with Crippen molar-refractivity contribution in [2.75, 3.05) is 0 Å². The predicted octanol–water partition coefficient (Wildman–Crippen LogP) is 10.4. The molecule has 0 heterocycles. The van der Waals surface area contributed by atoms with Gasteiger partial charge in [-0.1, -0.05) is 81.5 Å². The summed E-state index contributed by atoms with van der Waals surface area (Å²) in [6.07, 6.45) is 15.9. The van der Waals surface area contributed by atoms with E-state index in [-0.39, 0.29) is 11.5 Å². The average molecular weight is 586 g/mol. The lowest BCUT2D eigenvalue weighted by atomic mass is 9.47. The molecule has 0 radical (unpaired) electrons. The summed E-state index contributed by atoms with van der Waals surface area (Å²) in [6, 6.07) is 7.30. The standard InChI is InChI=1S/C34H49BrO3/c1-22(2)7-6-8-23(3)29-15-16-30-28-14-9-24-21-27(38-32(36)37-26-12-10-25(35)11-13-26)17-19-33(24,4)31(28)18-20-34(29,30)5/h9-13,22-23,27-31H,6-8,14-21H2,1-5H3/t23-,27-,28+,29-,30-,31+,33-,34+/m0/s1. The second-order valence-corrected chi connectivity index (χ2v) is 15.0. The Balaban J connectivity index is 1.21. The molecule has 8 atom stereocenters. The van der Waals surface area contributed by atoms with E-state index in [2.05, 4.69) is 56.6 Å². The summed E-state index contributed by atoms with van der Waals surface area (Å²) < 4.78 is 12.2. The molecule has 0 aliphatic heterocycles. The van der Waals surface area contributed by atoms with Gasteiger partial charge in [0.1, 0.15) is 11.9 Å². The van der Waals surface area contributed by atoms with Crippen molar-refractivity contribution in [3.63, 3.8) is 0 Å². The van der Waals surface area contributed by atoms with E-state index in [1.165, 1.54) is 51.4 Å². The molecule has 1 aromatic rings. The number of ether oxygens (including phenoxy) is 2. The summed E-state index contributed by atoms with van der Waals surface area (Å²) in [7, 11) is 0. The van der Waals surface area contributed by atoms with E-state index in [0.717, 1.165) is 59.2 Å². The monoisotopic (exact) mass is 584 g/mol. The van der Waals surface area contributed by atoms with E-state index in [1.54, 1.807) is 17.7 Å². The highest BCUT2D eigenvalue weighted by atomic mass is 79.9. The van der Waals surface area contributed by atoms with Gasteiger partial charge in [0.2, 0.25) is 0 Å². The number of hydrogen-bond donors (Lipinski definition) is 0. The fraction of sp³-hybridized carbons (Fsp3) is 0.735. The maximum Gasteiger partial charge on any atom is 0.514 e. The highest BCUT2D eigenvalue weighted by molar-refractivity contribution is 9.10. The van der Waals surface area contributed by atoms with Gasteiger partial charge in [0, 0.05) is 10.9 Å². The number of rotatable bonds is 7. The Kier molecular flexibility index (Phi) is 8.40. The van der Waals surface area contributed by atoms with Gasteiger partial charge in [0.05, 0.1) is 0 Å². The van der Waals surface area contributed by atoms with Gasteiger partial charge in [-0.3, -0.25) is 0 Å². The predicted molar refractivity (Wildman–Crippen MR) is 158 cm³/mol. The van der Waals surface area contributed by atoms with Crippen LogP contribution >= 0.6 is 15.9 Å². The third kappa shape index (κ3) is 5.50. The van der Waals surface area contributed by atoms with Crippen molar-refractivity contribution in [1.82, 2.24) is 0 Å². The minimum Gasteiger partial charge on any atom is -0.430 e. The number of halogens is 1. The highest BCUT2D eigenvalue weighted by Crippen LogP contribution is 2.67. The van der Waals surface area contributed by atoms with Crippen LogP contribution in [-0.2, 0) is 4.74 Å². The topological polar surface area (TPSA) is 35.5 Å². The van der Waals surface area contributed by atoms with Crippen LogP contribution in [0, 0.1) is 46.3 Å². The Hall–Kier alpha value is -1.29. The van der Waals surface area contributed by atoms with Crippen molar-refractivity contribution >= 4 is 22.1 Å². The first-order valence-electron chi connectivity index (χ1n) is 15.4. The van der Waals surface area contributed by atoms with Gasteiger partial charge < -0.3 is 9.47 Å². The lowest BCUT2D eigenvalue weighted by molar-refractivity contribution is -0.0597. The van der Waals surface area contributed by atoms with Gasteiger partial charge in [-0.2, -0.15) is 0 Å². The summed E-state index contributed by atoms with van der Waals surface area (Å²) in [4.78, 5) is 12.5. The van der Waals surface area contributed by atoms with Crippen LogP contribution < -0.4 is 4.74 Å². The van der Waals surface area contributed by atoms with Crippen LogP contribution in [0.25, 0.3) is 0 Å². The first kappa shape index (κ1) is 28.2. The maximum absolute atomic E-state index is 12.5. The number of carbonyl (C=O) groups is 1. The Morgan fingerprint density at radius 1 is 1.00 bits per heavy atom. The molecule has 3 fully saturated rings. The molecular formula is C34H49BrO3. The molecule has 4 aliphatic carbocycles. The van der Waals surface area contributed by atoms with Gasteiger partial charge in [0.15, 0.2) is 0 Å². The Morgan fingerprint density at radius 3 is 2.50 bits per heavy atom. The number of allylic oxidation sites excluding steroid dienone is 1. The lowest BCUT2D eigenvalue weighted by Crippen LogP contribution is -2.51. The molecule has 3 nitrogen and oxygen atoms in total. The zero-order valence-electron chi connectivity index (χ0n) is 24.3. The van der Waals surface area contributed by atoms with Crippen LogP contribution in [0.15, 0.2) is 40.4 Å². The van der Waals surface area contributed by atoms with E-state index in [9.17, 15) is 4.79 Å². The summed E-state index contributed by atoms with van der Waals surface area (Å²) in [5.74, 6) is 5.60. The highest BCUT2D eigenvalue weighted by Gasteiger charge is 2.59. The van der Waals surface area contributed by atoms with Crippen LogP contribution in [0.4, 0.5) is 4.79 Å². The molecular weight excluding hydrogens is 536 g/mol. The lowest BCUT2D eigenvalue weighted by Gasteiger charge is -2.58. The van der Waals surface area contributed by atoms with Gasteiger partial charge in [-0.15, -0.1) is 0 Å². The average Bonchev–Trinajstić information content (AvgIpc) is 3.23. The van der Waals surface area contributed by atoms with E-state index >= 15 is 0 Å². The molecule has 5 rings (SSSR count). The fourth-order valence-corrected chi connectivity index (χ4v) is 9.78. The third-order valence-electron chi connectivity index (χ3n) is 11.5. The first-order valence-corrected chi connectivity index (χ1v) is 16.2. The second-order valence-electron chi connectivity index (χ2n) is 14.1. The SMILES string of the molecule is CC(C)CCC[C@H](C)[C@@H]1CC[C@H]2[C@H]3CC=C4C[C@@H](OC(=O)Oc5ccc(Br)cc5)CC[C@]4(C)[C@@H]3CC[C@@]21C. The number of hydrogen-bond acceptors (Lipinski definition) is 3. The van der Waals surface area contributed by atoms with Gasteiger partial charge in [-0.05, 0) is 116 Å². The van der Waals surface area contributed by atoms with Crippen molar-refractivity contribution < 1.29 is 14.3 Å². The molecule has 0 saturated heterocycles. The van der Waals surface area contributed by atoms with Crippen molar-refractivity contribution in [2.24, 2.45) is 46.3 Å². The molecule has 210 valence electrons. The van der Waals surface area contributed by atoms with E-state index in [0.29, 0.717) is 11.2 Å². The van der Waals surface area contributed by atoms with Crippen LogP contribution in [0.5, 0.6) is 5.75 Å². The minimum atomic E-state index is -0.580. The van der Waals surface area contributed by atoms with Crippen LogP contribution in [0.3, 0.4) is 0 Å². The van der Waals surface area contributed by atoms with E-state index in [4.69, 9.17) is 9.47 Å². The Bertz CT molecular complexity index is 1020. The summed E-state index contributed by atoms with van der Waals surface area (Å²) in [5.41, 5.74) is 2.34. The quantitative estimate of drug-likeness (QED) is 0.181. The fourth-order valence-electron chi connectivity index (χ4n) is 9.51. The number of carbonyl (C=O) groups excluding carboxylic acids is 1. The molecule has 4 heteroatoms. The number of fused-ring (bicyclic) bond motifs is 5. The molecule has 3 saturated carbocycles. The molecule has 4 aliphatic rings. The van der Waals surface area contributed by atoms with Gasteiger partial charge >= 0.3 is 6.16 Å². The minimum absolute atomic E-state index is 0.0785. The molecule has 0 bridgehead atoms. The van der Waals surface area contributed by atoms with Gasteiger partial charge in [0.25, 0.3) is 0 Å². The molecule has 38 heavy (non-hydrogen) atoms.